The van der Waals surface area contributed by atoms with Gasteiger partial charge in [-0.3, -0.25) is 9.69 Å². The number of rotatable bonds is 5. The number of carbonyl (C=O) groups is 2. The molecule has 8 heteroatoms. The van der Waals surface area contributed by atoms with E-state index in [4.69, 9.17) is 12.2 Å². The topological polar surface area (TPSA) is 62.5 Å². The van der Waals surface area contributed by atoms with Crippen LogP contribution in [0.3, 0.4) is 0 Å². The zero-order valence-corrected chi connectivity index (χ0v) is 19.3. The number of thiocarbonyl (C=S) groups is 1. The maximum absolute atomic E-state index is 12.7. The molecule has 156 valence electrons. The minimum absolute atomic E-state index is 0.118. The Kier molecular flexibility index (Phi) is 5.74. The first-order valence-electron chi connectivity index (χ1n) is 9.77. The molecule has 5 nitrogen and oxygen atoms in total. The number of carboxylic acids is 1. The van der Waals surface area contributed by atoms with Crippen LogP contribution in [0, 0.1) is 13.8 Å². The number of hydrogen-bond donors (Lipinski definition) is 1. The molecule has 0 radical (unpaired) electrons. The average molecular weight is 459 g/mol. The molecule has 0 atom stereocenters. The summed E-state index contributed by atoms with van der Waals surface area (Å²) in [6, 6.07) is 2.00. The van der Waals surface area contributed by atoms with E-state index in [-0.39, 0.29) is 5.91 Å². The highest BCUT2D eigenvalue weighted by Gasteiger charge is 2.32. The summed E-state index contributed by atoms with van der Waals surface area (Å²) in [5.74, 6) is -0.990. The number of aromatic nitrogens is 1. The van der Waals surface area contributed by atoms with Gasteiger partial charge in [0.1, 0.15) is 9.32 Å². The quantitative estimate of drug-likeness (QED) is 0.383. The Morgan fingerprint density at radius 3 is 2.77 bits per heavy atom. The van der Waals surface area contributed by atoms with Gasteiger partial charge in [0.05, 0.1) is 10.5 Å². The molecule has 4 rings (SSSR count). The monoisotopic (exact) mass is 458 g/mol. The van der Waals surface area contributed by atoms with E-state index in [0.29, 0.717) is 21.3 Å². The number of carbonyl (C=O) groups excluding carboxylic acids is 1. The normalized spacial score (nSPS) is 17.7. The van der Waals surface area contributed by atoms with Gasteiger partial charge in [0.2, 0.25) is 0 Å². The predicted octanol–water partition coefficient (Wildman–Crippen LogP) is 5.12. The Labute approximate surface area is 189 Å². The van der Waals surface area contributed by atoms with E-state index in [1.807, 2.05) is 30.6 Å². The average Bonchev–Trinajstić information content (AvgIpc) is 3.29. The van der Waals surface area contributed by atoms with Crippen molar-refractivity contribution >= 4 is 57.6 Å². The Morgan fingerprint density at radius 2 is 2.07 bits per heavy atom. The highest BCUT2D eigenvalue weighted by atomic mass is 32.2. The van der Waals surface area contributed by atoms with Crippen molar-refractivity contribution in [2.75, 3.05) is 6.54 Å². The lowest BCUT2D eigenvalue weighted by Crippen LogP contribution is -2.27. The molecule has 0 spiro atoms. The molecular formula is C22H22N2O3S3. The molecule has 1 fully saturated rings. The number of thioether (sulfide) groups is 1. The number of aryl methyl sites for hydroxylation is 2. The first-order chi connectivity index (χ1) is 14.3. The highest BCUT2D eigenvalue weighted by Crippen LogP contribution is 2.39. The summed E-state index contributed by atoms with van der Waals surface area (Å²) >= 11 is 8.19. The van der Waals surface area contributed by atoms with Crippen LogP contribution in [0.25, 0.3) is 11.1 Å². The third kappa shape index (κ3) is 3.46. The molecule has 2 aromatic heterocycles. The Hall–Kier alpha value is -2.16. The number of nitrogens with zero attached hydrogens (tertiary/aromatic N) is 2. The van der Waals surface area contributed by atoms with Crippen molar-refractivity contribution < 1.29 is 14.7 Å². The number of carboxylic acid groups (broad SMARTS) is 1. The van der Waals surface area contributed by atoms with E-state index >= 15 is 0 Å². The van der Waals surface area contributed by atoms with Crippen molar-refractivity contribution in [3.05, 3.63) is 56.6 Å². The number of fused-ring (bicyclic) bond motifs is 1. The van der Waals surface area contributed by atoms with Crippen LogP contribution in [-0.4, -0.2) is 37.3 Å². The van der Waals surface area contributed by atoms with Crippen LogP contribution < -0.4 is 0 Å². The van der Waals surface area contributed by atoms with E-state index < -0.39 is 5.97 Å². The smallest absolute Gasteiger partial charge is 0.339 e. The van der Waals surface area contributed by atoms with Crippen LogP contribution >= 0.6 is 35.3 Å². The summed E-state index contributed by atoms with van der Waals surface area (Å²) in [5.41, 5.74) is 4.19. The summed E-state index contributed by atoms with van der Waals surface area (Å²) in [4.78, 5) is 28.1. The second kappa shape index (κ2) is 8.17. The molecule has 1 aliphatic carbocycles. The number of hydrogen-bond acceptors (Lipinski definition) is 5. The Bertz CT molecular complexity index is 1120. The van der Waals surface area contributed by atoms with E-state index in [1.165, 1.54) is 21.5 Å². The van der Waals surface area contributed by atoms with Gasteiger partial charge >= 0.3 is 5.97 Å². The van der Waals surface area contributed by atoms with Gasteiger partial charge in [0.25, 0.3) is 5.91 Å². The molecule has 1 amide bonds. The third-order valence-corrected chi connectivity index (χ3v) is 8.17. The van der Waals surface area contributed by atoms with Crippen molar-refractivity contribution in [3.8, 4) is 5.00 Å². The van der Waals surface area contributed by atoms with E-state index in [0.717, 1.165) is 53.2 Å². The van der Waals surface area contributed by atoms with Gasteiger partial charge in [-0.2, -0.15) is 0 Å². The lowest BCUT2D eigenvalue weighted by molar-refractivity contribution is -0.121. The Balaban J connectivity index is 1.79. The lowest BCUT2D eigenvalue weighted by Gasteiger charge is -2.11. The predicted molar refractivity (Wildman–Crippen MR) is 127 cm³/mol. The maximum Gasteiger partial charge on any atom is 0.339 e. The largest absolute Gasteiger partial charge is 0.478 e. The van der Waals surface area contributed by atoms with Gasteiger partial charge in [0.15, 0.2) is 0 Å². The molecule has 1 aliphatic heterocycles. The standard InChI is InChI=1S/C22H22N2O3S3/c1-4-9-23-19(25)17(30-22(23)28)11-14-10-12(2)24(13(14)3)20-18(21(26)27)15-7-5-6-8-16(15)29-20/h4,10-11H,1,5-9H2,2-3H3,(H,26,27)/b17-11-. The second-order valence-corrected chi connectivity index (χ2v) is 10.2. The molecule has 0 saturated carbocycles. The van der Waals surface area contributed by atoms with Crippen molar-refractivity contribution in [3.63, 3.8) is 0 Å². The molecule has 2 aromatic rings. The first kappa shape index (κ1) is 21.1. The van der Waals surface area contributed by atoms with Gasteiger partial charge in [-0.1, -0.05) is 30.1 Å². The van der Waals surface area contributed by atoms with Crippen LogP contribution in [0.4, 0.5) is 0 Å². The third-order valence-electron chi connectivity index (χ3n) is 5.51. The van der Waals surface area contributed by atoms with Crippen LogP contribution in [0.5, 0.6) is 0 Å². The van der Waals surface area contributed by atoms with Crippen LogP contribution in [0.2, 0.25) is 0 Å². The SMILES string of the molecule is C=CCN1C(=O)/C(=C/c2cc(C)n(-c3sc4c(c3C(=O)O)CCCC4)c2C)SC1=S. The molecule has 1 N–H and O–H groups in total. The first-order valence-corrected chi connectivity index (χ1v) is 11.8. The van der Waals surface area contributed by atoms with Gasteiger partial charge < -0.3 is 9.67 Å². The maximum atomic E-state index is 12.7. The summed E-state index contributed by atoms with van der Waals surface area (Å²) in [7, 11) is 0. The number of amides is 1. The van der Waals surface area contributed by atoms with Crippen LogP contribution in [0.1, 0.15) is 50.6 Å². The summed E-state index contributed by atoms with van der Waals surface area (Å²) < 4.78 is 2.54. The second-order valence-electron chi connectivity index (χ2n) is 7.44. The molecule has 0 bridgehead atoms. The molecule has 3 heterocycles. The van der Waals surface area contributed by atoms with Crippen molar-refractivity contribution in [1.29, 1.82) is 0 Å². The highest BCUT2D eigenvalue weighted by molar-refractivity contribution is 8.26. The van der Waals surface area contributed by atoms with E-state index in [2.05, 4.69) is 6.58 Å². The fourth-order valence-corrected chi connectivity index (χ4v) is 6.86. The van der Waals surface area contributed by atoms with Gasteiger partial charge in [-0.25, -0.2) is 4.79 Å². The van der Waals surface area contributed by atoms with Crippen LogP contribution in [-0.2, 0) is 17.6 Å². The molecule has 0 unspecified atom stereocenters. The summed E-state index contributed by atoms with van der Waals surface area (Å²) in [6.45, 7) is 8.01. The van der Waals surface area contributed by atoms with Crippen molar-refractivity contribution in [1.82, 2.24) is 9.47 Å². The zero-order chi connectivity index (χ0) is 21.6. The van der Waals surface area contributed by atoms with Crippen LogP contribution in [0.15, 0.2) is 23.6 Å². The molecule has 2 aliphatic rings. The lowest BCUT2D eigenvalue weighted by atomic mass is 9.95. The molecular weight excluding hydrogens is 436 g/mol. The Morgan fingerprint density at radius 1 is 1.33 bits per heavy atom. The van der Waals surface area contributed by atoms with Gasteiger partial charge in [0, 0.05) is 22.8 Å². The molecule has 30 heavy (non-hydrogen) atoms. The fraction of sp³-hybridized carbons (Fsp3) is 0.318. The summed E-state index contributed by atoms with van der Waals surface area (Å²) in [6.07, 6.45) is 7.42. The van der Waals surface area contributed by atoms with Crippen molar-refractivity contribution in [2.45, 2.75) is 39.5 Å². The minimum atomic E-state index is -0.872. The number of aromatic carboxylic acids is 1. The van der Waals surface area contributed by atoms with E-state index in [9.17, 15) is 14.7 Å². The fourth-order valence-electron chi connectivity index (χ4n) is 4.10. The zero-order valence-electron chi connectivity index (χ0n) is 16.9. The molecule has 1 saturated heterocycles. The molecule has 0 aromatic carbocycles. The number of thiophene rings is 1. The minimum Gasteiger partial charge on any atom is -0.478 e. The summed E-state index contributed by atoms with van der Waals surface area (Å²) in [5, 5.41) is 10.7. The van der Waals surface area contributed by atoms with Gasteiger partial charge in [-0.15, -0.1) is 17.9 Å². The van der Waals surface area contributed by atoms with Crippen molar-refractivity contribution in [2.24, 2.45) is 0 Å². The van der Waals surface area contributed by atoms with E-state index in [1.54, 1.807) is 17.4 Å². The van der Waals surface area contributed by atoms with Gasteiger partial charge in [-0.05, 0) is 62.8 Å².